The molecule has 3 nitrogen and oxygen atoms in total. The number of hydrogen-bond donors (Lipinski definition) is 2. The average Bonchev–Trinajstić information content (AvgIpc) is 2.62. The van der Waals surface area contributed by atoms with E-state index in [-0.39, 0.29) is 12.0 Å². The van der Waals surface area contributed by atoms with Crippen molar-refractivity contribution in [3.05, 3.63) is 71.1 Å². The molecule has 0 bridgehead atoms. The summed E-state index contributed by atoms with van der Waals surface area (Å²) in [4.78, 5) is 4.57. The molecule has 1 aliphatic heterocycles. The van der Waals surface area contributed by atoms with Crippen LogP contribution in [0.15, 0.2) is 59.9 Å². The maximum Gasteiger partial charge on any atom is 0.415 e. The fourth-order valence-corrected chi connectivity index (χ4v) is 3.23. The summed E-state index contributed by atoms with van der Waals surface area (Å²) >= 11 is 0. The van der Waals surface area contributed by atoms with Gasteiger partial charge in [0.25, 0.3) is 0 Å². The van der Waals surface area contributed by atoms with Crippen molar-refractivity contribution in [2.24, 2.45) is 5.92 Å². The second-order valence-corrected chi connectivity index (χ2v) is 7.79. The van der Waals surface area contributed by atoms with Gasteiger partial charge in [-0.3, -0.25) is 0 Å². The second kappa shape index (κ2) is 9.33. The third kappa shape index (κ3) is 6.24. The monoisotopic (exact) mass is 405 g/mol. The SMILES string of the molecule is C=C(/C=C1\NCCCC1Nc1nc(C)ccc1C)/C(=C/C(=C)C(F)(F)F)C(C)C. The van der Waals surface area contributed by atoms with E-state index in [0.29, 0.717) is 11.1 Å². The summed E-state index contributed by atoms with van der Waals surface area (Å²) in [5.74, 6) is 0.703. The number of hydrogen-bond acceptors (Lipinski definition) is 3. The third-order valence-corrected chi connectivity index (χ3v) is 4.94. The number of nitrogens with zero attached hydrogens (tertiary/aromatic N) is 1. The Morgan fingerprint density at radius 3 is 2.59 bits per heavy atom. The Kier molecular flexibility index (Phi) is 7.33. The number of alkyl halides is 3. The first-order valence-electron chi connectivity index (χ1n) is 9.82. The topological polar surface area (TPSA) is 37.0 Å². The Labute approximate surface area is 171 Å². The predicted molar refractivity (Wildman–Crippen MR) is 114 cm³/mol. The first kappa shape index (κ1) is 22.8. The number of piperidine rings is 1. The lowest BCUT2D eigenvalue weighted by molar-refractivity contribution is -0.0878. The van der Waals surface area contributed by atoms with Gasteiger partial charge >= 0.3 is 6.18 Å². The smallest absolute Gasteiger partial charge is 0.387 e. The molecule has 6 heteroatoms. The maximum absolute atomic E-state index is 13.0. The zero-order valence-electron chi connectivity index (χ0n) is 17.6. The van der Waals surface area contributed by atoms with Crippen molar-refractivity contribution < 1.29 is 13.2 Å². The van der Waals surface area contributed by atoms with Crippen LogP contribution in [0.5, 0.6) is 0 Å². The summed E-state index contributed by atoms with van der Waals surface area (Å²) in [5, 5.41) is 6.85. The highest BCUT2D eigenvalue weighted by Gasteiger charge is 2.31. The van der Waals surface area contributed by atoms with Crippen LogP contribution in [-0.2, 0) is 0 Å². The minimum absolute atomic E-state index is 0.00673. The van der Waals surface area contributed by atoms with Gasteiger partial charge in [0.05, 0.1) is 6.04 Å². The highest BCUT2D eigenvalue weighted by atomic mass is 19.4. The fraction of sp³-hybridized carbons (Fsp3) is 0.435. The standard InChI is InChI=1S/C23H30F3N3/c1-14(2)19(13-17(5)23(24,25)26)16(4)12-21-20(8-7-11-27-21)29-22-15(3)9-10-18(6)28-22/h9-10,12-14,20,27H,4-5,7-8,11H2,1-3,6H3,(H,28,29)/b19-13+,21-12-. The molecular weight excluding hydrogens is 375 g/mol. The van der Waals surface area contributed by atoms with Crippen LogP contribution in [0.25, 0.3) is 0 Å². The van der Waals surface area contributed by atoms with Crippen molar-refractivity contribution >= 4 is 5.82 Å². The van der Waals surface area contributed by atoms with E-state index in [1.807, 2.05) is 45.9 Å². The molecule has 0 spiro atoms. The summed E-state index contributed by atoms with van der Waals surface area (Å²) in [7, 11) is 0. The number of rotatable bonds is 6. The zero-order chi connectivity index (χ0) is 21.8. The van der Waals surface area contributed by atoms with Crippen molar-refractivity contribution in [1.29, 1.82) is 0 Å². The van der Waals surface area contributed by atoms with Crippen molar-refractivity contribution in [2.45, 2.75) is 52.8 Å². The molecule has 1 aromatic rings. The highest BCUT2D eigenvalue weighted by Crippen LogP contribution is 2.30. The lowest BCUT2D eigenvalue weighted by atomic mass is 9.91. The van der Waals surface area contributed by atoms with Crippen molar-refractivity contribution in [3.63, 3.8) is 0 Å². The van der Waals surface area contributed by atoms with Gasteiger partial charge in [-0.15, -0.1) is 0 Å². The lowest BCUT2D eigenvalue weighted by Gasteiger charge is -2.29. The van der Waals surface area contributed by atoms with Gasteiger partial charge in [0.1, 0.15) is 5.82 Å². The minimum atomic E-state index is -4.45. The second-order valence-electron chi connectivity index (χ2n) is 7.79. The van der Waals surface area contributed by atoms with E-state index >= 15 is 0 Å². The van der Waals surface area contributed by atoms with E-state index in [1.165, 1.54) is 0 Å². The van der Waals surface area contributed by atoms with Crippen LogP contribution in [0.2, 0.25) is 0 Å². The molecule has 158 valence electrons. The molecule has 2 rings (SSSR count). The fourth-order valence-electron chi connectivity index (χ4n) is 3.23. The summed E-state index contributed by atoms with van der Waals surface area (Å²) in [5.41, 5.74) is 3.09. The molecule has 1 unspecified atom stereocenters. The van der Waals surface area contributed by atoms with Gasteiger partial charge in [-0.05, 0) is 67.5 Å². The number of halogens is 3. The Morgan fingerprint density at radius 2 is 1.97 bits per heavy atom. The summed E-state index contributed by atoms with van der Waals surface area (Å²) in [6.07, 6.45) is 0.384. The Bertz CT molecular complexity index is 832. The first-order valence-corrected chi connectivity index (χ1v) is 9.82. The largest absolute Gasteiger partial charge is 0.415 e. The molecule has 0 saturated carbocycles. The number of allylic oxidation sites excluding steroid dienone is 5. The molecule has 1 aromatic heterocycles. The van der Waals surface area contributed by atoms with Gasteiger partial charge < -0.3 is 10.6 Å². The summed E-state index contributed by atoms with van der Waals surface area (Å²) < 4.78 is 38.9. The molecular formula is C23H30F3N3. The molecule has 1 fully saturated rings. The molecule has 2 heterocycles. The van der Waals surface area contributed by atoms with Gasteiger partial charge in [-0.25, -0.2) is 4.98 Å². The third-order valence-electron chi connectivity index (χ3n) is 4.94. The molecule has 0 radical (unpaired) electrons. The molecule has 0 aliphatic carbocycles. The summed E-state index contributed by atoms with van der Waals surface area (Å²) in [6, 6.07) is 3.98. The average molecular weight is 406 g/mol. The van der Waals surface area contributed by atoms with Crippen LogP contribution in [-0.4, -0.2) is 23.7 Å². The normalized spacial score (nSPS) is 19.2. The molecule has 1 aliphatic rings. The molecule has 1 saturated heterocycles. The highest BCUT2D eigenvalue weighted by molar-refractivity contribution is 5.49. The van der Waals surface area contributed by atoms with Crippen LogP contribution in [0.4, 0.5) is 19.0 Å². The number of aryl methyl sites for hydroxylation is 2. The quantitative estimate of drug-likeness (QED) is 0.570. The Balaban J connectivity index is 2.30. The van der Waals surface area contributed by atoms with Gasteiger partial charge in [-0.2, -0.15) is 13.2 Å². The van der Waals surface area contributed by atoms with Crippen LogP contribution in [0.3, 0.4) is 0 Å². The number of pyridine rings is 1. The van der Waals surface area contributed by atoms with Gasteiger partial charge in [0.2, 0.25) is 0 Å². The zero-order valence-corrected chi connectivity index (χ0v) is 17.6. The van der Waals surface area contributed by atoms with Crippen LogP contribution >= 0.6 is 0 Å². The van der Waals surface area contributed by atoms with Crippen molar-refractivity contribution in [2.75, 3.05) is 11.9 Å². The maximum atomic E-state index is 13.0. The first-order chi connectivity index (χ1) is 13.5. The van der Waals surface area contributed by atoms with Crippen LogP contribution in [0, 0.1) is 19.8 Å². The van der Waals surface area contributed by atoms with Crippen molar-refractivity contribution in [3.8, 4) is 0 Å². The van der Waals surface area contributed by atoms with E-state index in [2.05, 4.69) is 28.8 Å². The molecule has 29 heavy (non-hydrogen) atoms. The van der Waals surface area contributed by atoms with Gasteiger partial charge in [0, 0.05) is 23.5 Å². The summed E-state index contributed by atoms with van der Waals surface area (Å²) in [6.45, 7) is 15.7. The molecule has 0 aromatic carbocycles. The molecule has 1 atom stereocenters. The Hall–Kier alpha value is -2.50. The van der Waals surface area contributed by atoms with E-state index in [9.17, 15) is 13.2 Å². The van der Waals surface area contributed by atoms with Crippen LogP contribution < -0.4 is 10.6 Å². The Morgan fingerprint density at radius 1 is 1.28 bits per heavy atom. The van der Waals surface area contributed by atoms with E-state index in [1.54, 1.807) is 0 Å². The van der Waals surface area contributed by atoms with E-state index in [4.69, 9.17) is 0 Å². The van der Waals surface area contributed by atoms with E-state index < -0.39 is 11.7 Å². The van der Waals surface area contributed by atoms with E-state index in [0.717, 1.165) is 48.2 Å². The molecule has 2 N–H and O–H groups in total. The number of nitrogens with one attached hydrogen (secondary N) is 2. The van der Waals surface area contributed by atoms with Crippen LogP contribution in [0.1, 0.15) is 37.9 Å². The minimum Gasteiger partial charge on any atom is -0.387 e. The number of anilines is 1. The van der Waals surface area contributed by atoms with Gasteiger partial charge in [0.15, 0.2) is 0 Å². The molecule has 0 amide bonds. The number of aromatic nitrogens is 1. The van der Waals surface area contributed by atoms with Crippen molar-refractivity contribution in [1.82, 2.24) is 10.3 Å². The van der Waals surface area contributed by atoms with Gasteiger partial charge in [-0.1, -0.05) is 33.1 Å². The predicted octanol–water partition coefficient (Wildman–Crippen LogP) is 6.00. The lowest BCUT2D eigenvalue weighted by Crippen LogP contribution is -2.37.